The molecule has 0 radical (unpaired) electrons. The number of nitriles is 2. The predicted octanol–water partition coefficient (Wildman–Crippen LogP) is 4.21. The summed E-state index contributed by atoms with van der Waals surface area (Å²) in [4.78, 5) is 23.7. The second kappa shape index (κ2) is 8.81. The molecule has 2 aromatic carbocycles. The van der Waals surface area contributed by atoms with Crippen LogP contribution in [0, 0.1) is 36.5 Å². The number of carbonyl (C=O) groups excluding carboxylic acids is 1. The Kier molecular flexibility index (Phi) is 6.00. The Morgan fingerprint density at radius 3 is 2.39 bits per heavy atom. The largest absolute Gasteiger partial charge is 0.478 e. The third-order valence-electron chi connectivity index (χ3n) is 4.76. The SMILES string of the molecule is Cc1cc(/C=C(/C#N)C(=O)Nc2cccc(C(=O)O)c2)c(C)n1-c1ccc(C#N)cc1. The molecule has 7 heteroatoms. The maximum atomic E-state index is 12.6. The molecular weight excluding hydrogens is 392 g/mol. The smallest absolute Gasteiger partial charge is 0.335 e. The minimum atomic E-state index is -1.11. The van der Waals surface area contributed by atoms with Gasteiger partial charge in [0.1, 0.15) is 11.6 Å². The van der Waals surface area contributed by atoms with Gasteiger partial charge in [0.25, 0.3) is 5.91 Å². The third-order valence-corrected chi connectivity index (χ3v) is 4.76. The highest BCUT2D eigenvalue weighted by Gasteiger charge is 2.15. The van der Waals surface area contributed by atoms with E-state index in [-0.39, 0.29) is 16.8 Å². The first-order valence-corrected chi connectivity index (χ1v) is 9.30. The number of aromatic nitrogens is 1. The highest BCUT2D eigenvalue weighted by atomic mass is 16.4. The van der Waals surface area contributed by atoms with E-state index in [4.69, 9.17) is 10.4 Å². The van der Waals surface area contributed by atoms with E-state index in [9.17, 15) is 14.9 Å². The number of aromatic carboxylic acids is 1. The standard InChI is InChI=1S/C24H18N4O3/c1-15-10-19(16(2)28(15)22-8-6-17(13-25)7-9-22)11-20(14-26)23(29)27-21-5-3-4-18(12-21)24(30)31/h3-12H,1-2H3,(H,27,29)(H,30,31)/b20-11-. The maximum absolute atomic E-state index is 12.6. The number of hydrogen-bond donors (Lipinski definition) is 2. The summed E-state index contributed by atoms with van der Waals surface area (Å²) in [5.41, 5.74) is 4.06. The first-order chi connectivity index (χ1) is 14.8. The van der Waals surface area contributed by atoms with Crippen LogP contribution < -0.4 is 5.32 Å². The lowest BCUT2D eigenvalue weighted by atomic mass is 10.1. The van der Waals surface area contributed by atoms with Gasteiger partial charge in [-0.15, -0.1) is 0 Å². The molecular formula is C24H18N4O3. The summed E-state index contributed by atoms with van der Waals surface area (Å²) in [6.07, 6.45) is 1.50. The van der Waals surface area contributed by atoms with E-state index in [0.717, 1.165) is 17.1 Å². The topological polar surface area (TPSA) is 119 Å². The molecule has 3 aromatic rings. The molecule has 0 aliphatic rings. The zero-order valence-corrected chi connectivity index (χ0v) is 16.9. The molecule has 152 valence electrons. The average Bonchev–Trinajstić information content (AvgIpc) is 3.04. The summed E-state index contributed by atoms with van der Waals surface area (Å²) in [6, 6.07) is 18.8. The van der Waals surface area contributed by atoms with E-state index < -0.39 is 11.9 Å². The second-order valence-corrected chi connectivity index (χ2v) is 6.83. The van der Waals surface area contributed by atoms with Crippen molar-refractivity contribution in [1.29, 1.82) is 10.5 Å². The van der Waals surface area contributed by atoms with Gasteiger partial charge in [0.2, 0.25) is 0 Å². The highest BCUT2D eigenvalue weighted by Crippen LogP contribution is 2.23. The lowest BCUT2D eigenvalue weighted by Gasteiger charge is -2.09. The molecule has 0 unspecified atom stereocenters. The molecule has 0 spiro atoms. The predicted molar refractivity (Wildman–Crippen MR) is 116 cm³/mol. The number of aryl methyl sites for hydroxylation is 1. The molecule has 1 aromatic heterocycles. The molecule has 1 amide bonds. The van der Waals surface area contributed by atoms with Crippen LogP contribution in [0.15, 0.2) is 60.2 Å². The molecule has 0 aliphatic carbocycles. The van der Waals surface area contributed by atoms with Crippen molar-refractivity contribution in [3.63, 3.8) is 0 Å². The van der Waals surface area contributed by atoms with Gasteiger partial charge in [-0.3, -0.25) is 4.79 Å². The van der Waals surface area contributed by atoms with Gasteiger partial charge in [-0.25, -0.2) is 4.79 Å². The number of nitrogens with zero attached hydrogens (tertiary/aromatic N) is 3. The van der Waals surface area contributed by atoms with Crippen LogP contribution in [0.4, 0.5) is 5.69 Å². The van der Waals surface area contributed by atoms with Gasteiger partial charge >= 0.3 is 5.97 Å². The van der Waals surface area contributed by atoms with Crippen LogP contribution in [0.25, 0.3) is 11.8 Å². The molecule has 2 N–H and O–H groups in total. The summed E-state index contributed by atoms with van der Waals surface area (Å²) in [6.45, 7) is 3.78. The summed E-state index contributed by atoms with van der Waals surface area (Å²) >= 11 is 0. The van der Waals surface area contributed by atoms with Gasteiger partial charge in [0.15, 0.2) is 0 Å². The van der Waals surface area contributed by atoms with E-state index in [2.05, 4.69) is 11.4 Å². The number of amides is 1. The van der Waals surface area contributed by atoms with Crippen LogP contribution >= 0.6 is 0 Å². The fourth-order valence-corrected chi connectivity index (χ4v) is 3.25. The Labute approximate surface area is 179 Å². The van der Waals surface area contributed by atoms with Crippen LogP contribution in [0.3, 0.4) is 0 Å². The first kappa shape index (κ1) is 21.1. The Morgan fingerprint density at radius 1 is 1.06 bits per heavy atom. The number of nitrogens with one attached hydrogen (secondary N) is 1. The molecule has 0 fully saturated rings. The normalized spacial score (nSPS) is 10.8. The van der Waals surface area contributed by atoms with Crippen molar-refractivity contribution in [2.45, 2.75) is 13.8 Å². The van der Waals surface area contributed by atoms with Crippen molar-refractivity contribution in [2.75, 3.05) is 5.32 Å². The Bertz CT molecular complexity index is 1290. The van der Waals surface area contributed by atoms with Gasteiger partial charge in [-0.2, -0.15) is 10.5 Å². The fraction of sp³-hybridized carbons (Fsp3) is 0.0833. The molecule has 0 aliphatic heterocycles. The molecule has 3 rings (SSSR count). The second-order valence-electron chi connectivity index (χ2n) is 6.83. The van der Waals surface area contributed by atoms with Crippen LogP contribution in [0.2, 0.25) is 0 Å². The Hall–Kier alpha value is -4.62. The van der Waals surface area contributed by atoms with Gasteiger partial charge < -0.3 is 15.0 Å². The number of anilines is 1. The lowest BCUT2D eigenvalue weighted by molar-refractivity contribution is -0.112. The molecule has 0 bridgehead atoms. The highest BCUT2D eigenvalue weighted by molar-refractivity contribution is 6.10. The zero-order chi connectivity index (χ0) is 22.5. The summed E-state index contributed by atoms with van der Waals surface area (Å²) in [5.74, 6) is -1.74. The van der Waals surface area contributed by atoms with Crippen molar-refractivity contribution in [3.8, 4) is 17.8 Å². The van der Waals surface area contributed by atoms with Crippen molar-refractivity contribution >= 4 is 23.6 Å². The van der Waals surface area contributed by atoms with Crippen LogP contribution in [0.5, 0.6) is 0 Å². The van der Waals surface area contributed by atoms with E-state index in [0.29, 0.717) is 11.1 Å². The van der Waals surface area contributed by atoms with Gasteiger partial charge in [-0.1, -0.05) is 6.07 Å². The minimum Gasteiger partial charge on any atom is -0.478 e. The number of carboxylic acids is 1. The number of carboxylic acid groups (broad SMARTS) is 1. The number of carbonyl (C=O) groups is 2. The Balaban J connectivity index is 1.91. The van der Waals surface area contributed by atoms with E-state index in [1.54, 1.807) is 18.2 Å². The molecule has 0 saturated heterocycles. The molecule has 0 atom stereocenters. The number of benzene rings is 2. The van der Waals surface area contributed by atoms with E-state index >= 15 is 0 Å². The van der Waals surface area contributed by atoms with Crippen LogP contribution in [0.1, 0.15) is 32.9 Å². The Morgan fingerprint density at radius 2 is 1.77 bits per heavy atom. The zero-order valence-electron chi connectivity index (χ0n) is 16.9. The fourth-order valence-electron chi connectivity index (χ4n) is 3.25. The third kappa shape index (κ3) is 4.52. The first-order valence-electron chi connectivity index (χ1n) is 9.30. The summed E-state index contributed by atoms with van der Waals surface area (Å²) in [7, 11) is 0. The van der Waals surface area contributed by atoms with E-state index in [1.807, 2.05) is 42.7 Å². The molecule has 31 heavy (non-hydrogen) atoms. The van der Waals surface area contributed by atoms with Gasteiger partial charge in [-0.05, 0) is 74.0 Å². The minimum absolute atomic E-state index is 0.0336. The van der Waals surface area contributed by atoms with Crippen LogP contribution in [-0.4, -0.2) is 21.6 Å². The van der Waals surface area contributed by atoms with E-state index in [1.165, 1.54) is 24.3 Å². The van der Waals surface area contributed by atoms with Crippen molar-refractivity contribution in [1.82, 2.24) is 4.57 Å². The van der Waals surface area contributed by atoms with Crippen molar-refractivity contribution in [3.05, 3.63) is 88.2 Å². The van der Waals surface area contributed by atoms with Crippen LogP contribution in [-0.2, 0) is 4.79 Å². The monoisotopic (exact) mass is 410 g/mol. The molecule has 7 nitrogen and oxygen atoms in total. The summed E-state index contributed by atoms with van der Waals surface area (Å²) < 4.78 is 1.97. The number of hydrogen-bond acceptors (Lipinski definition) is 4. The number of rotatable bonds is 5. The molecule has 1 heterocycles. The van der Waals surface area contributed by atoms with Gasteiger partial charge in [0, 0.05) is 22.8 Å². The van der Waals surface area contributed by atoms with Gasteiger partial charge in [0.05, 0.1) is 17.2 Å². The van der Waals surface area contributed by atoms with Crippen molar-refractivity contribution < 1.29 is 14.7 Å². The quantitative estimate of drug-likeness (QED) is 0.482. The molecule has 0 saturated carbocycles. The maximum Gasteiger partial charge on any atom is 0.335 e. The lowest BCUT2D eigenvalue weighted by Crippen LogP contribution is -2.14. The van der Waals surface area contributed by atoms with Crippen molar-refractivity contribution in [2.24, 2.45) is 0 Å². The summed E-state index contributed by atoms with van der Waals surface area (Å²) in [5, 5.41) is 30.1. The average molecular weight is 410 g/mol.